The molecule has 0 saturated heterocycles. The highest BCUT2D eigenvalue weighted by molar-refractivity contribution is 14.0. The molecule has 1 heterocycles. The summed E-state index contributed by atoms with van der Waals surface area (Å²) in [5, 5.41) is 6.57. The van der Waals surface area contributed by atoms with E-state index in [1.807, 2.05) is 42.5 Å². The lowest BCUT2D eigenvalue weighted by atomic mass is 10.1. The first-order valence-corrected chi connectivity index (χ1v) is 8.96. The summed E-state index contributed by atoms with van der Waals surface area (Å²) >= 11 is 0. The van der Waals surface area contributed by atoms with Gasteiger partial charge >= 0.3 is 0 Å². The molecule has 7 heteroatoms. The molecule has 28 heavy (non-hydrogen) atoms. The molecule has 1 saturated carbocycles. The van der Waals surface area contributed by atoms with Crippen LogP contribution in [0.3, 0.4) is 0 Å². The molecule has 0 spiro atoms. The van der Waals surface area contributed by atoms with Crippen LogP contribution >= 0.6 is 24.0 Å². The number of hydrogen-bond donors (Lipinski definition) is 2. The van der Waals surface area contributed by atoms with Crippen molar-refractivity contribution in [2.24, 2.45) is 4.99 Å². The zero-order valence-corrected chi connectivity index (χ0v) is 17.8. The Kier molecular flexibility index (Phi) is 6.66. The van der Waals surface area contributed by atoms with Crippen LogP contribution in [0, 0.1) is 5.82 Å². The highest BCUT2D eigenvalue weighted by Crippen LogP contribution is 2.41. The predicted octanol–water partition coefficient (Wildman–Crippen LogP) is 4.32. The highest BCUT2D eigenvalue weighted by atomic mass is 127. The highest BCUT2D eigenvalue weighted by Gasteiger charge is 2.40. The molecule has 2 N–H and O–H groups in total. The Morgan fingerprint density at radius 3 is 2.68 bits per heavy atom. The third kappa shape index (κ3) is 4.70. The van der Waals surface area contributed by atoms with Crippen molar-refractivity contribution in [3.05, 3.63) is 77.9 Å². The number of halogens is 2. The molecule has 2 aromatic carbocycles. The fourth-order valence-corrected chi connectivity index (χ4v) is 3.12. The number of nitrogens with one attached hydrogen (secondary N) is 2. The molecule has 0 radical (unpaired) electrons. The molecule has 2 atom stereocenters. The lowest BCUT2D eigenvalue weighted by Crippen LogP contribution is -2.38. The number of nitrogens with zero attached hydrogens (tertiary/aromatic N) is 2. The molecular weight excluding hydrogens is 470 g/mol. The van der Waals surface area contributed by atoms with E-state index in [9.17, 15) is 4.39 Å². The van der Waals surface area contributed by atoms with Gasteiger partial charge in [-0.2, -0.15) is 0 Å². The van der Waals surface area contributed by atoms with Crippen molar-refractivity contribution in [2.75, 3.05) is 7.05 Å². The first kappa shape index (κ1) is 20.3. The normalized spacial score (nSPS) is 18.3. The summed E-state index contributed by atoms with van der Waals surface area (Å²) in [6.45, 7) is 0.493. The second kappa shape index (κ2) is 9.18. The van der Waals surface area contributed by atoms with E-state index >= 15 is 0 Å². The van der Waals surface area contributed by atoms with Gasteiger partial charge in [0.25, 0.3) is 0 Å². The van der Waals surface area contributed by atoms with Gasteiger partial charge in [-0.25, -0.2) is 9.37 Å². The van der Waals surface area contributed by atoms with E-state index < -0.39 is 0 Å². The molecule has 1 aromatic heterocycles. The van der Waals surface area contributed by atoms with Crippen LogP contribution in [0.2, 0.25) is 0 Å². The fourth-order valence-electron chi connectivity index (χ4n) is 3.12. The minimum Gasteiger partial charge on any atom is -0.444 e. The topological polar surface area (TPSA) is 62.5 Å². The Morgan fingerprint density at radius 2 is 1.93 bits per heavy atom. The van der Waals surface area contributed by atoms with Gasteiger partial charge in [0.2, 0.25) is 5.89 Å². The van der Waals surface area contributed by atoms with E-state index in [-0.39, 0.29) is 41.8 Å². The Balaban J connectivity index is 0.00000225. The van der Waals surface area contributed by atoms with Gasteiger partial charge in [-0.1, -0.05) is 36.4 Å². The molecule has 146 valence electrons. The van der Waals surface area contributed by atoms with Crippen LogP contribution in [0.1, 0.15) is 23.6 Å². The lowest BCUT2D eigenvalue weighted by molar-refractivity contribution is 0.572. The Hall–Kier alpha value is -2.42. The summed E-state index contributed by atoms with van der Waals surface area (Å²) in [5.41, 5.74) is 2.49. The predicted molar refractivity (Wildman–Crippen MR) is 118 cm³/mol. The van der Waals surface area contributed by atoms with Crippen molar-refractivity contribution in [2.45, 2.75) is 24.9 Å². The summed E-state index contributed by atoms with van der Waals surface area (Å²) < 4.78 is 19.4. The Bertz CT molecular complexity index is 944. The van der Waals surface area contributed by atoms with Crippen molar-refractivity contribution >= 4 is 29.9 Å². The SMILES string of the molecule is CN=C(NCc1coc(-c2ccccc2)n1)NC1CC1c1ccccc1F.I. The van der Waals surface area contributed by atoms with Crippen molar-refractivity contribution in [1.82, 2.24) is 15.6 Å². The van der Waals surface area contributed by atoms with E-state index in [1.54, 1.807) is 19.4 Å². The van der Waals surface area contributed by atoms with Gasteiger partial charge in [0.1, 0.15) is 12.1 Å². The van der Waals surface area contributed by atoms with E-state index in [4.69, 9.17) is 4.42 Å². The van der Waals surface area contributed by atoms with Gasteiger partial charge in [-0.05, 0) is 30.2 Å². The molecule has 0 aliphatic heterocycles. The Labute approximate surface area is 180 Å². The molecule has 0 bridgehead atoms. The standard InChI is InChI=1S/C21H21FN4O.HI/c1-23-21(26-19-11-17(19)16-9-5-6-10-18(16)22)24-12-15-13-27-20(25-15)14-7-3-2-4-8-14;/h2-10,13,17,19H,11-12H2,1H3,(H2,23,24,26);1H. The van der Waals surface area contributed by atoms with Crippen LogP contribution < -0.4 is 10.6 Å². The molecule has 2 unspecified atom stereocenters. The van der Waals surface area contributed by atoms with Crippen molar-refractivity contribution in [3.63, 3.8) is 0 Å². The smallest absolute Gasteiger partial charge is 0.226 e. The Morgan fingerprint density at radius 1 is 1.18 bits per heavy atom. The maximum Gasteiger partial charge on any atom is 0.226 e. The zero-order chi connectivity index (χ0) is 18.6. The maximum absolute atomic E-state index is 13.9. The largest absolute Gasteiger partial charge is 0.444 e. The summed E-state index contributed by atoms with van der Waals surface area (Å²) in [4.78, 5) is 8.74. The minimum absolute atomic E-state index is 0. The van der Waals surface area contributed by atoms with Crippen molar-refractivity contribution < 1.29 is 8.81 Å². The van der Waals surface area contributed by atoms with Crippen LogP contribution in [0.4, 0.5) is 4.39 Å². The molecule has 1 aliphatic carbocycles. The van der Waals surface area contributed by atoms with Crippen molar-refractivity contribution in [1.29, 1.82) is 0 Å². The minimum atomic E-state index is -0.147. The van der Waals surface area contributed by atoms with Crippen LogP contribution in [0.5, 0.6) is 0 Å². The number of guanidine groups is 1. The number of aliphatic imine (C=N–C) groups is 1. The van der Waals surface area contributed by atoms with Crippen LogP contribution in [-0.2, 0) is 6.54 Å². The second-order valence-electron chi connectivity index (χ2n) is 6.55. The van der Waals surface area contributed by atoms with E-state index in [2.05, 4.69) is 20.6 Å². The molecule has 0 amide bonds. The molecule has 1 fully saturated rings. The first-order valence-electron chi connectivity index (χ1n) is 8.96. The number of oxazole rings is 1. The van der Waals surface area contributed by atoms with Gasteiger partial charge in [0, 0.05) is 24.6 Å². The summed E-state index contributed by atoms with van der Waals surface area (Å²) in [7, 11) is 1.72. The molecule has 4 rings (SSSR count). The number of benzene rings is 2. The molecule has 5 nitrogen and oxygen atoms in total. The maximum atomic E-state index is 13.9. The van der Waals surface area contributed by atoms with Gasteiger partial charge in [-0.15, -0.1) is 24.0 Å². The molecule has 3 aromatic rings. The van der Waals surface area contributed by atoms with Gasteiger partial charge in [0.15, 0.2) is 5.96 Å². The number of rotatable bonds is 5. The van der Waals surface area contributed by atoms with Crippen LogP contribution in [0.15, 0.2) is 70.3 Å². The molecular formula is C21H22FIN4O. The molecule has 1 aliphatic rings. The van der Waals surface area contributed by atoms with E-state index in [0.29, 0.717) is 18.4 Å². The third-order valence-corrected chi connectivity index (χ3v) is 4.65. The number of hydrogen-bond acceptors (Lipinski definition) is 3. The van der Waals surface area contributed by atoms with Crippen LogP contribution in [-0.4, -0.2) is 24.0 Å². The zero-order valence-electron chi connectivity index (χ0n) is 15.4. The van der Waals surface area contributed by atoms with Crippen molar-refractivity contribution in [3.8, 4) is 11.5 Å². The summed E-state index contributed by atoms with van der Waals surface area (Å²) in [5.74, 6) is 1.30. The quantitative estimate of drug-likeness (QED) is 0.317. The summed E-state index contributed by atoms with van der Waals surface area (Å²) in [6.07, 6.45) is 2.53. The average Bonchev–Trinajstić information content (AvgIpc) is 3.30. The monoisotopic (exact) mass is 492 g/mol. The van der Waals surface area contributed by atoms with Gasteiger partial charge in [0.05, 0.1) is 12.2 Å². The van der Waals surface area contributed by atoms with E-state index in [0.717, 1.165) is 23.2 Å². The fraction of sp³-hybridized carbons (Fsp3) is 0.238. The van der Waals surface area contributed by atoms with E-state index in [1.165, 1.54) is 6.07 Å². The summed E-state index contributed by atoms with van der Waals surface area (Å²) in [6, 6.07) is 16.9. The second-order valence-corrected chi connectivity index (χ2v) is 6.55. The first-order chi connectivity index (χ1) is 13.2. The lowest BCUT2D eigenvalue weighted by Gasteiger charge is -2.11. The van der Waals surface area contributed by atoms with Gasteiger partial charge in [-0.3, -0.25) is 4.99 Å². The van der Waals surface area contributed by atoms with Crippen LogP contribution in [0.25, 0.3) is 11.5 Å². The number of aromatic nitrogens is 1. The van der Waals surface area contributed by atoms with Gasteiger partial charge < -0.3 is 15.1 Å². The average molecular weight is 492 g/mol. The third-order valence-electron chi connectivity index (χ3n) is 4.65.